The van der Waals surface area contributed by atoms with E-state index in [4.69, 9.17) is 0 Å². The Kier molecular flexibility index (Phi) is 93.8. The molecule has 4 heteroatoms. The van der Waals surface area contributed by atoms with Crippen molar-refractivity contribution in [2.24, 2.45) is 0 Å². The maximum absolute atomic E-state index is 0. The molecule has 0 aliphatic rings. The Hall–Kier alpha value is 4.29. The first-order valence-electron chi connectivity index (χ1n) is 0. The van der Waals surface area contributed by atoms with E-state index in [0.29, 0.717) is 0 Å². The quantitative estimate of drug-likeness (QED) is 0.276. The van der Waals surface area contributed by atoms with Gasteiger partial charge in [-0.15, -0.1) is 0 Å². The second kappa shape index (κ2) is 15.7. The van der Waals surface area contributed by atoms with Gasteiger partial charge >= 0.3 is 0 Å². The molecule has 0 atom stereocenters. The van der Waals surface area contributed by atoms with Gasteiger partial charge in [0.05, 0.1) is 0 Å². The Morgan fingerprint density at radius 3 is 0.500 bits per heavy atom. The van der Waals surface area contributed by atoms with E-state index in [1.54, 1.807) is 0 Å². The first kappa shape index (κ1) is 23.9. The molecular formula is Bi3K. The minimum Gasteiger partial charge on any atom is 0 e. The molecule has 0 unspecified atom stereocenters. The van der Waals surface area contributed by atoms with Crippen molar-refractivity contribution < 1.29 is 0 Å². The van der Waals surface area contributed by atoms with Crippen LogP contribution >= 0.6 is 0 Å². The summed E-state index contributed by atoms with van der Waals surface area (Å²) in [4.78, 5) is 0. The van der Waals surface area contributed by atoms with E-state index in [9.17, 15) is 0 Å². The molecule has 0 saturated heterocycles. The monoisotopic (exact) mass is 666 g/mol. The molecule has 0 bridgehead atoms. The van der Waals surface area contributed by atoms with E-state index in [-0.39, 0.29) is 130 Å². The van der Waals surface area contributed by atoms with Crippen LogP contribution in [0, 0.1) is 0 Å². The van der Waals surface area contributed by atoms with Gasteiger partial charge in [0.25, 0.3) is 0 Å². The SMILES string of the molecule is [Bi].[Bi].[Bi].[K]. The minimum atomic E-state index is 0. The van der Waals surface area contributed by atoms with Gasteiger partial charge in [0.15, 0.2) is 0 Å². The standard InChI is InChI=1S/3Bi.K. The summed E-state index contributed by atoms with van der Waals surface area (Å²) >= 11 is 0. The third-order valence-electron chi connectivity index (χ3n) is 0. The maximum Gasteiger partial charge on any atom is 0 e. The van der Waals surface area contributed by atoms with Gasteiger partial charge in [-0.25, -0.2) is 0 Å². The van der Waals surface area contributed by atoms with Crippen LogP contribution in [0.4, 0.5) is 0 Å². The zero-order valence-corrected chi connectivity index (χ0v) is 15.9. The van der Waals surface area contributed by atoms with E-state index in [1.807, 2.05) is 0 Å². The van der Waals surface area contributed by atoms with E-state index < -0.39 is 0 Å². The second-order valence-corrected chi connectivity index (χ2v) is 0. The van der Waals surface area contributed by atoms with Crippen molar-refractivity contribution in [3.05, 3.63) is 0 Å². The van der Waals surface area contributed by atoms with Gasteiger partial charge in [-0.3, -0.25) is 0 Å². The summed E-state index contributed by atoms with van der Waals surface area (Å²) < 4.78 is 0. The molecular weight excluding hydrogens is 666 g/mol. The van der Waals surface area contributed by atoms with Gasteiger partial charge in [-0.1, -0.05) is 0 Å². The first-order chi connectivity index (χ1) is 0. The van der Waals surface area contributed by atoms with E-state index >= 15 is 0 Å². The fourth-order valence-corrected chi connectivity index (χ4v) is 0. The van der Waals surface area contributed by atoms with Crippen molar-refractivity contribution in [1.29, 1.82) is 0 Å². The molecule has 0 nitrogen and oxygen atoms in total. The second-order valence-electron chi connectivity index (χ2n) is 0. The molecule has 0 spiro atoms. The summed E-state index contributed by atoms with van der Waals surface area (Å²) in [5, 5.41) is 0. The summed E-state index contributed by atoms with van der Waals surface area (Å²) in [5.74, 6) is 0. The predicted octanol–water partition coefficient (Wildman–Crippen LogP) is -1.52. The Morgan fingerprint density at radius 2 is 0.500 bits per heavy atom. The van der Waals surface area contributed by atoms with Gasteiger partial charge in [-0.2, -0.15) is 0 Å². The van der Waals surface area contributed by atoms with Crippen molar-refractivity contribution in [2.75, 3.05) is 0 Å². The predicted molar refractivity (Wildman–Crippen MR) is 23.0 cm³/mol. The van der Waals surface area contributed by atoms with Crippen LogP contribution in [0.3, 0.4) is 0 Å². The molecule has 10 radical (unpaired) electrons. The molecule has 16 valence electrons. The summed E-state index contributed by atoms with van der Waals surface area (Å²) in [7, 11) is 0. The third-order valence-corrected chi connectivity index (χ3v) is 0. The van der Waals surface area contributed by atoms with Crippen molar-refractivity contribution in [1.82, 2.24) is 0 Å². The molecule has 4 heavy (non-hydrogen) atoms. The van der Waals surface area contributed by atoms with Crippen LogP contribution in [0.1, 0.15) is 0 Å². The van der Waals surface area contributed by atoms with Crippen molar-refractivity contribution in [2.45, 2.75) is 0 Å². The van der Waals surface area contributed by atoms with Crippen LogP contribution in [0.2, 0.25) is 0 Å². The Bertz CT molecular complexity index is 3.25. The van der Waals surface area contributed by atoms with E-state index in [1.165, 1.54) is 0 Å². The molecule has 0 aromatic heterocycles. The van der Waals surface area contributed by atoms with Crippen molar-refractivity contribution in [3.8, 4) is 0 Å². The zero-order chi connectivity index (χ0) is 0. The topological polar surface area (TPSA) is 0 Å². The van der Waals surface area contributed by atoms with Crippen LogP contribution in [0.25, 0.3) is 0 Å². The minimum absolute atomic E-state index is 0. The van der Waals surface area contributed by atoms with Crippen LogP contribution in [0.15, 0.2) is 0 Å². The van der Waals surface area contributed by atoms with Gasteiger partial charge < -0.3 is 0 Å². The number of hydrogen-bond donors (Lipinski definition) is 0. The Morgan fingerprint density at radius 1 is 0.500 bits per heavy atom. The van der Waals surface area contributed by atoms with Crippen molar-refractivity contribution in [3.63, 3.8) is 0 Å². The molecule has 0 N–H and O–H groups in total. The molecule has 0 aromatic carbocycles. The summed E-state index contributed by atoms with van der Waals surface area (Å²) in [6.07, 6.45) is 0. The molecule has 0 aliphatic carbocycles. The van der Waals surface area contributed by atoms with Gasteiger partial charge in [0, 0.05) is 130 Å². The molecule has 0 aromatic rings. The van der Waals surface area contributed by atoms with E-state index in [2.05, 4.69) is 0 Å². The number of rotatable bonds is 0. The van der Waals surface area contributed by atoms with Crippen LogP contribution in [-0.2, 0) is 0 Å². The smallest absolute Gasteiger partial charge is 0 e. The maximum atomic E-state index is 0. The number of hydrogen-bond acceptors (Lipinski definition) is 0. The average molecular weight is 666 g/mol. The normalized spacial score (nSPS) is 0. The molecule has 0 saturated carbocycles. The van der Waals surface area contributed by atoms with Crippen LogP contribution in [0.5, 0.6) is 0 Å². The fraction of sp³-hybridized carbons (Fsp3) is 0. The summed E-state index contributed by atoms with van der Waals surface area (Å²) in [5.41, 5.74) is 0. The molecule has 0 amide bonds. The largest absolute Gasteiger partial charge is 0 e. The summed E-state index contributed by atoms with van der Waals surface area (Å²) in [6, 6.07) is 0. The molecule has 0 fully saturated rings. The van der Waals surface area contributed by atoms with Gasteiger partial charge in [0.2, 0.25) is 0 Å². The fourth-order valence-electron chi connectivity index (χ4n) is 0. The average Bonchev–Trinajstić information content (AvgIpc) is 0. The molecule has 0 heterocycles. The van der Waals surface area contributed by atoms with E-state index in [0.717, 1.165) is 0 Å². The zero-order valence-electron chi connectivity index (χ0n) is 2.34. The van der Waals surface area contributed by atoms with Gasteiger partial charge in [0.1, 0.15) is 0 Å². The molecule has 0 rings (SSSR count). The Labute approximate surface area is 126 Å². The van der Waals surface area contributed by atoms with Crippen LogP contribution < -0.4 is 0 Å². The van der Waals surface area contributed by atoms with Gasteiger partial charge in [-0.05, 0) is 0 Å². The Balaban J connectivity index is 0. The third kappa shape index (κ3) is 9.56. The first-order valence-corrected chi connectivity index (χ1v) is 0. The molecule has 0 aliphatic heterocycles. The van der Waals surface area contributed by atoms with Crippen LogP contribution in [-0.4, -0.2) is 130 Å². The summed E-state index contributed by atoms with van der Waals surface area (Å²) in [6.45, 7) is 0. The van der Waals surface area contributed by atoms with Crippen molar-refractivity contribution >= 4 is 130 Å².